The predicted octanol–water partition coefficient (Wildman–Crippen LogP) is 2.71. The van der Waals surface area contributed by atoms with E-state index in [4.69, 9.17) is 0 Å². The maximum atomic E-state index is 12.1. The lowest BCUT2D eigenvalue weighted by Gasteiger charge is -2.46. The van der Waals surface area contributed by atoms with Crippen molar-refractivity contribution in [1.82, 2.24) is 0 Å². The Kier molecular flexibility index (Phi) is 1.88. The van der Waals surface area contributed by atoms with Crippen molar-refractivity contribution < 1.29 is 4.79 Å². The lowest BCUT2D eigenvalue weighted by molar-refractivity contribution is -0.131. The molecule has 0 aromatic heterocycles. The van der Waals surface area contributed by atoms with Crippen molar-refractivity contribution in [2.45, 2.75) is 34.8 Å². The highest BCUT2D eigenvalue weighted by Gasteiger charge is 2.66. The minimum Gasteiger partial charge on any atom is -0.297 e. The van der Waals surface area contributed by atoms with Crippen LogP contribution in [0.15, 0.2) is 12.2 Å². The number of hydrogen-bond donors (Lipinski definition) is 0. The molecular formula is C11H14OS2. The van der Waals surface area contributed by atoms with Crippen LogP contribution in [0.1, 0.15) is 20.3 Å². The van der Waals surface area contributed by atoms with Crippen molar-refractivity contribution in [3.63, 3.8) is 0 Å². The molecule has 0 N–H and O–H groups in total. The van der Waals surface area contributed by atoms with Gasteiger partial charge in [-0.3, -0.25) is 4.79 Å². The zero-order valence-electron chi connectivity index (χ0n) is 8.40. The molecule has 1 nitrogen and oxygen atoms in total. The van der Waals surface area contributed by atoms with Gasteiger partial charge in [0.25, 0.3) is 0 Å². The van der Waals surface area contributed by atoms with Gasteiger partial charge in [0.05, 0.1) is 0 Å². The number of carbonyl (C=O) groups is 1. The highest BCUT2D eigenvalue weighted by Crippen LogP contribution is 2.66. The first-order valence-electron chi connectivity index (χ1n) is 5.22. The molecule has 2 aliphatic carbocycles. The van der Waals surface area contributed by atoms with Gasteiger partial charge in [-0.2, -0.15) is 0 Å². The average molecular weight is 226 g/mol. The molecule has 0 bridgehead atoms. The van der Waals surface area contributed by atoms with Crippen LogP contribution in [0.5, 0.6) is 0 Å². The Morgan fingerprint density at radius 1 is 1.36 bits per heavy atom. The van der Waals surface area contributed by atoms with Crippen LogP contribution < -0.4 is 0 Å². The molecule has 0 amide bonds. The normalized spacial score (nSPS) is 55.1. The van der Waals surface area contributed by atoms with Crippen LogP contribution in [0, 0.1) is 11.8 Å². The van der Waals surface area contributed by atoms with E-state index in [-0.39, 0.29) is 4.08 Å². The fourth-order valence-electron chi connectivity index (χ4n) is 2.69. The van der Waals surface area contributed by atoms with E-state index in [0.29, 0.717) is 28.1 Å². The highest BCUT2D eigenvalue weighted by molar-refractivity contribution is 8.23. The molecule has 0 radical (unpaired) electrons. The highest BCUT2D eigenvalue weighted by atomic mass is 32.2. The second-order valence-corrected chi connectivity index (χ2v) is 7.98. The fraction of sp³-hybridized carbons (Fsp3) is 0.727. The van der Waals surface area contributed by atoms with Crippen LogP contribution >= 0.6 is 23.5 Å². The summed E-state index contributed by atoms with van der Waals surface area (Å²) in [7, 11) is 0. The van der Waals surface area contributed by atoms with E-state index >= 15 is 0 Å². The lowest BCUT2D eigenvalue weighted by atomic mass is 9.73. The summed E-state index contributed by atoms with van der Waals surface area (Å²) in [6, 6.07) is 0. The largest absolute Gasteiger partial charge is 0.297 e. The third kappa shape index (κ3) is 0.929. The van der Waals surface area contributed by atoms with Crippen LogP contribution in [0.2, 0.25) is 0 Å². The predicted molar refractivity (Wildman–Crippen MR) is 62.6 cm³/mol. The van der Waals surface area contributed by atoms with E-state index in [9.17, 15) is 4.79 Å². The molecule has 1 heterocycles. The quantitative estimate of drug-likeness (QED) is 0.591. The molecule has 4 atom stereocenters. The van der Waals surface area contributed by atoms with Crippen LogP contribution in [0.25, 0.3) is 0 Å². The van der Waals surface area contributed by atoms with E-state index in [1.54, 1.807) is 0 Å². The van der Waals surface area contributed by atoms with Crippen molar-refractivity contribution in [1.29, 1.82) is 0 Å². The molecule has 4 unspecified atom stereocenters. The smallest absolute Gasteiger partial charge is 0.163 e. The van der Waals surface area contributed by atoms with Crippen LogP contribution in [0.3, 0.4) is 0 Å². The minimum absolute atomic E-state index is 0.0729. The van der Waals surface area contributed by atoms with E-state index < -0.39 is 0 Å². The van der Waals surface area contributed by atoms with Crippen molar-refractivity contribution in [3.05, 3.63) is 12.2 Å². The Morgan fingerprint density at radius 2 is 2.00 bits per heavy atom. The summed E-state index contributed by atoms with van der Waals surface area (Å²) in [5.41, 5.74) is 0. The van der Waals surface area contributed by atoms with Gasteiger partial charge in [0, 0.05) is 22.3 Å². The summed E-state index contributed by atoms with van der Waals surface area (Å²) in [6.07, 6.45) is 5.46. The van der Waals surface area contributed by atoms with Gasteiger partial charge >= 0.3 is 0 Å². The van der Waals surface area contributed by atoms with Crippen molar-refractivity contribution >= 4 is 29.3 Å². The van der Waals surface area contributed by atoms with Crippen molar-refractivity contribution in [2.24, 2.45) is 11.8 Å². The molecule has 1 saturated carbocycles. The van der Waals surface area contributed by atoms with Gasteiger partial charge in [-0.25, -0.2) is 0 Å². The molecule has 2 fully saturated rings. The number of thioether (sulfide) groups is 2. The Hall–Kier alpha value is 0.110. The lowest BCUT2D eigenvalue weighted by Crippen LogP contribution is -2.55. The summed E-state index contributed by atoms with van der Waals surface area (Å²) < 4.78 is -0.0729. The van der Waals surface area contributed by atoms with E-state index in [1.165, 1.54) is 0 Å². The first kappa shape index (κ1) is 9.34. The van der Waals surface area contributed by atoms with Gasteiger partial charge < -0.3 is 0 Å². The van der Waals surface area contributed by atoms with Gasteiger partial charge in [-0.15, -0.1) is 23.5 Å². The van der Waals surface area contributed by atoms with Crippen molar-refractivity contribution in [3.8, 4) is 0 Å². The average Bonchev–Trinajstić information content (AvgIpc) is 2.71. The number of ketones is 1. The Balaban J connectivity index is 1.92. The number of hydrogen-bond acceptors (Lipinski definition) is 3. The van der Waals surface area contributed by atoms with Crippen LogP contribution in [-0.2, 0) is 4.79 Å². The van der Waals surface area contributed by atoms with E-state index in [2.05, 4.69) is 26.0 Å². The number of rotatable bonds is 0. The molecular weight excluding hydrogens is 212 g/mol. The van der Waals surface area contributed by atoms with Crippen LogP contribution in [-0.4, -0.2) is 20.4 Å². The maximum Gasteiger partial charge on any atom is 0.163 e. The molecule has 1 aliphatic heterocycles. The second kappa shape index (κ2) is 2.82. The summed E-state index contributed by atoms with van der Waals surface area (Å²) in [5.74, 6) is 1.39. The molecule has 1 spiro atoms. The molecule has 14 heavy (non-hydrogen) atoms. The molecule has 3 heteroatoms. The zero-order valence-corrected chi connectivity index (χ0v) is 10.0. The summed E-state index contributed by atoms with van der Waals surface area (Å²) >= 11 is 3.82. The second-order valence-electron chi connectivity index (χ2n) is 4.47. The number of fused-ring (bicyclic) bond motifs is 2. The maximum absolute atomic E-state index is 12.1. The molecule has 76 valence electrons. The van der Waals surface area contributed by atoms with Gasteiger partial charge in [-0.05, 0) is 6.42 Å². The zero-order chi connectivity index (χ0) is 9.92. The van der Waals surface area contributed by atoms with E-state index in [0.717, 1.165) is 6.42 Å². The number of allylic oxidation sites excluding steroid dienone is 2. The topological polar surface area (TPSA) is 17.1 Å². The number of Topliss-reactive ketones (excluding diaryl/α,β-unsaturated/α-hetero) is 1. The van der Waals surface area contributed by atoms with Gasteiger partial charge in [0.15, 0.2) is 5.78 Å². The van der Waals surface area contributed by atoms with E-state index in [1.807, 2.05) is 23.5 Å². The Labute approximate surface area is 93.1 Å². The SMILES string of the molecule is CC1SC2(SC1C)C(=O)C1CC=CC12. The molecule has 0 aromatic carbocycles. The van der Waals surface area contributed by atoms with Gasteiger partial charge in [-0.1, -0.05) is 26.0 Å². The minimum atomic E-state index is -0.0729. The Bertz CT molecular complexity index is 313. The third-order valence-corrected chi connectivity index (χ3v) is 7.63. The first-order chi connectivity index (χ1) is 6.65. The fourth-order valence-corrected chi connectivity index (χ4v) is 6.97. The summed E-state index contributed by atoms with van der Waals surface area (Å²) in [4.78, 5) is 12.1. The van der Waals surface area contributed by atoms with Gasteiger partial charge in [0.2, 0.25) is 0 Å². The monoisotopic (exact) mass is 226 g/mol. The summed E-state index contributed by atoms with van der Waals surface area (Å²) in [6.45, 7) is 4.49. The van der Waals surface area contributed by atoms with Crippen LogP contribution in [0.4, 0.5) is 0 Å². The molecule has 0 aromatic rings. The standard InChI is InChI=1S/C11H14OS2/c1-6-7(2)14-11(13-6)9-5-3-4-8(9)10(11)12/h3,5-9H,4H2,1-2H3. The molecule has 3 aliphatic rings. The van der Waals surface area contributed by atoms with Gasteiger partial charge in [0.1, 0.15) is 4.08 Å². The summed E-state index contributed by atoms with van der Waals surface area (Å²) in [5, 5.41) is 1.25. The third-order valence-electron chi connectivity index (χ3n) is 3.67. The molecule has 1 saturated heterocycles. The Morgan fingerprint density at radius 3 is 2.64 bits per heavy atom. The first-order valence-corrected chi connectivity index (χ1v) is 6.97. The van der Waals surface area contributed by atoms with Crippen molar-refractivity contribution in [2.75, 3.05) is 0 Å². The number of carbonyl (C=O) groups excluding carboxylic acids is 1. The molecule has 3 rings (SSSR count).